The molecule has 2 N–H and O–H groups in total. The Morgan fingerprint density at radius 2 is 1.86 bits per heavy atom. The highest BCUT2D eigenvalue weighted by Crippen LogP contribution is 2.29. The summed E-state index contributed by atoms with van der Waals surface area (Å²) in [5.74, 6) is 0.321. The lowest BCUT2D eigenvalue weighted by molar-refractivity contribution is 0.296. The minimum absolute atomic E-state index is 0.130. The Morgan fingerprint density at radius 3 is 2.29 bits per heavy atom. The summed E-state index contributed by atoms with van der Waals surface area (Å²) in [6.07, 6.45) is 2.53. The molecule has 3 nitrogen and oxygen atoms in total. The summed E-state index contributed by atoms with van der Waals surface area (Å²) in [7, 11) is -2.93. The number of hydrogen-bond donors (Lipinski definition) is 1. The van der Waals surface area contributed by atoms with Gasteiger partial charge in [0.15, 0.2) is 9.84 Å². The van der Waals surface area contributed by atoms with Crippen molar-refractivity contribution in [2.45, 2.75) is 51.3 Å². The Morgan fingerprint density at radius 1 is 1.29 bits per heavy atom. The normalized spacial score (nSPS) is 29.9. The van der Waals surface area contributed by atoms with Gasteiger partial charge in [-0.25, -0.2) is 8.42 Å². The van der Waals surface area contributed by atoms with Crippen LogP contribution in [-0.4, -0.2) is 25.5 Å². The van der Waals surface area contributed by atoms with E-state index in [-0.39, 0.29) is 16.7 Å². The van der Waals surface area contributed by atoms with Crippen molar-refractivity contribution >= 4 is 9.84 Å². The van der Waals surface area contributed by atoms with Crippen LogP contribution in [0.5, 0.6) is 0 Å². The van der Waals surface area contributed by atoms with Crippen LogP contribution in [0.3, 0.4) is 0 Å². The first-order chi connectivity index (χ1) is 6.25. The Hall–Kier alpha value is -0.0900. The molecule has 0 spiro atoms. The van der Waals surface area contributed by atoms with E-state index in [0.29, 0.717) is 5.75 Å². The molecule has 14 heavy (non-hydrogen) atoms. The summed E-state index contributed by atoms with van der Waals surface area (Å²) < 4.78 is 23.6. The largest absolute Gasteiger partial charge is 0.326 e. The molecule has 0 aliphatic carbocycles. The molecule has 1 heterocycles. The summed E-state index contributed by atoms with van der Waals surface area (Å²) in [5.41, 5.74) is 5.89. The molecule has 1 rings (SSSR count). The highest BCUT2D eigenvalue weighted by Gasteiger charge is 2.38. The number of hydrogen-bond acceptors (Lipinski definition) is 3. The van der Waals surface area contributed by atoms with Crippen molar-refractivity contribution < 1.29 is 8.42 Å². The average molecular weight is 219 g/mol. The highest BCUT2D eigenvalue weighted by atomic mass is 32.2. The van der Waals surface area contributed by atoms with Crippen LogP contribution in [-0.2, 0) is 9.84 Å². The molecule has 2 atom stereocenters. The lowest BCUT2D eigenvalue weighted by Gasteiger charge is -2.35. The Balaban J connectivity index is 2.86. The first kappa shape index (κ1) is 12.0. The van der Waals surface area contributed by atoms with Gasteiger partial charge in [0.2, 0.25) is 0 Å². The van der Waals surface area contributed by atoms with Gasteiger partial charge in [0.1, 0.15) is 0 Å². The fraction of sp³-hybridized carbons (Fsp3) is 1.00. The third kappa shape index (κ3) is 2.48. The smallest absolute Gasteiger partial charge is 0.154 e. The monoisotopic (exact) mass is 219 g/mol. The minimum Gasteiger partial charge on any atom is -0.326 e. The molecule has 0 amide bonds. The molecule has 0 aromatic rings. The Bertz CT molecular complexity index is 290. The molecule has 1 saturated heterocycles. The van der Waals surface area contributed by atoms with Gasteiger partial charge in [-0.05, 0) is 18.3 Å². The van der Waals surface area contributed by atoms with Crippen LogP contribution in [0.15, 0.2) is 0 Å². The van der Waals surface area contributed by atoms with Crippen LogP contribution in [0.25, 0.3) is 0 Å². The van der Waals surface area contributed by atoms with Gasteiger partial charge in [0.25, 0.3) is 0 Å². The second kappa shape index (κ2) is 3.81. The summed E-state index contributed by atoms with van der Waals surface area (Å²) in [5, 5.41) is -0.323. The van der Waals surface area contributed by atoms with E-state index < -0.39 is 9.84 Å². The van der Waals surface area contributed by atoms with Crippen molar-refractivity contribution in [2.24, 2.45) is 11.1 Å². The molecule has 0 radical (unpaired) electrons. The van der Waals surface area contributed by atoms with E-state index in [2.05, 4.69) is 0 Å². The zero-order valence-electron chi connectivity index (χ0n) is 9.29. The van der Waals surface area contributed by atoms with Gasteiger partial charge >= 0.3 is 0 Å². The van der Waals surface area contributed by atoms with Gasteiger partial charge in [-0.3, -0.25) is 0 Å². The summed E-state index contributed by atoms with van der Waals surface area (Å²) >= 11 is 0. The van der Waals surface area contributed by atoms with E-state index in [4.69, 9.17) is 5.73 Å². The van der Waals surface area contributed by atoms with Gasteiger partial charge in [-0.15, -0.1) is 0 Å². The molecule has 1 fully saturated rings. The quantitative estimate of drug-likeness (QED) is 0.723. The van der Waals surface area contributed by atoms with Crippen molar-refractivity contribution in [3.05, 3.63) is 0 Å². The SMILES string of the molecule is CC(C)(C)C(N)C1CCCCS1(=O)=O. The molecule has 2 unspecified atom stereocenters. The maximum Gasteiger partial charge on any atom is 0.154 e. The van der Waals surface area contributed by atoms with Gasteiger partial charge in [0, 0.05) is 6.04 Å². The van der Waals surface area contributed by atoms with Crippen molar-refractivity contribution in [1.29, 1.82) is 0 Å². The lowest BCUT2D eigenvalue weighted by Crippen LogP contribution is -2.50. The number of sulfone groups is 1. The highest BCUT2D eigenvalue weighted by molar-refractivity contribution is 7.92. The predicted molar refractivity (Wildman–Crippen MR) is 58.9 cm³/mol. The molecular formula is C10H21NO2S. The van der Waals surface area contributed by atoms with Crippen molar-refractivity contribution in [3.8, 4) is 0 Å². The third-order valence-corrected chi connectivity index (χ3v) is 5.34. The van der Waals surface area contributed by atoms with E-state index in [1.54, 1.807) is 0 Å². The first-order valence-corrected chi connectivity index (χ1v) is 6.94. The zero-order chi connectivity index (χ0) is 11.0. The molecule has 1 aliphatic rings. The maximum atomic E-state index is 11.8. The summed E-state index contributed by atoms with van der Waals surface area (Å²) in [4.78, 5) is 0. The van der Waals surface area contributed by atoms with Crippen molar-refractivity contribution in [3.63, 3.8) is 0 Å². The van der Waals surface area contributed by atoms with Crippen molar-refractivity contribution in [2.75, 3.05) is 5.75 Å². The van der Waals surface area contributed by atoms with E-state index in [1.165, 1.54) is 0 Å². The van der Waals surface area contributed by atoms with Crippen LogP contribution in [0.4, 0.5) is 0 Å². The second-order valence-electron chi connectivity index (χ2n) is 5.29. The minimum atomic E-state index is -2.93. The van der Waals surface area contributed by atoms with Crippen LogP contribution >= 0.6 is 0 Å². The average Bonchev–Trinajstić information content (AvgIpc) is 2.00. The fourth-order valence-electron chi connectivity index (χ4n) is 1.94. The van der Waals surface area contributed by atoms with Gasteiger partial charge in [-0.2, -0.15) is 0 Å². The van der Waals surface area contributed by atoms with Crippen LogP contribution < -0.4 is 5.73 Å². The van der Waals surface area contributed by atoms with Crippen LogP contribution in [0, 0.1) is 5.41 Å². The second-order valence-corrected chi connectivity index (χ2v) is 7.63. The molecule has 0 aromatic carbocycles. The third-order valence-electron chi connectivity index (χ3n) is 3.03. The van der Waals surface area contributed by atoms with Gasteiger partial charge in [0.05, 0.1) is 11.0 Å². The lowest BCUT2D eigenvalue weighted by atomic mass is 9.84. The molecule has 4 heteroatoms. The topological polar surface area (TPSA) is 60.2 Å². The number of rotatable bonds is 1. The Kier molecular flexibility index (Phi) is 3.26. The van der Waals surface area contributed by atoms with Gasteiger partial charge < -0.3 is 5.73 Å². The van der Waals surface area contributed by atoms with Gasteiger partial charge in [-0.1, -0.05) is 27.2 Å². The summed E-state index contributed by atoms with van der Waals surface area (Å²) in [6, 6.07) is -0.243. The predicted octanol–water partition coefficient (Wildman–Crippen LogP) is 1.33. The first-order valence-electron chi connectivity index (χ1n) is 5.22. The maximum absolute atomic E-state index is 11.8. The molecule has 0 aromatic heterocycles. The van der Waals surface area contributed by atoms with E-state index >= 15 is 0 Å². The van der Waals surface area contributed by atoms with Crippen molar-refractivity contribution in [1.82, 2.24) is 0 Å². The van der Waals surface area contributed by atoms with Crippen LogP contribution in [0.2, 0.25) is 0 Å². The van der Waals surface area contributed by atoms with Crippen LogP contribution in [0.1, 0.15) is 40.0 Å². The Labute approximate surface area is 87.0 Å². The zero-order valence-corrected chi connectivity index (χ0v) is 10.1. The molecule has 1 aliphatic heterocycles. The fourth-order valence-corrected chi connectivity index (χ4v) is 4.23. The standard InChI is InChI=1S/C10H21NO2S/c1-10(2,3)9(11)8-6-4-5-7-14(8,12)13/h8-9H,4-7,11H2,1-3H3. The van der Waals surface area contributed by atoms with E-state index in [1.807, 2.05) is 20.8 Å². The molecular weight excluding hydrogens is 198 g/mol. The molecule has 0 bridgehead atoms. The summed E-state index contributed by atoms with van der Waals surface area (Å²) in [6.45, 7) is 6.01. The van der Waals surface area contributed by atoms with E-state index in [0.717, 1.165) is 19.3 Å². The van der Waals surface area contributed by atoms with E-state index in [9.17, 15) is 8.42 Å². The molecule has 0 saturated carbocycles. The molecule has 84 valence electrons. The number of nitrogens with two attached hydrogens (primary N) is 1.